The van der Waals surface area contributed by atoms with Gasteiger partial charge in [-0.05, 0) is 48.8 Å². The van der Waals surface area contributed by atoms with Gasteiger partial charge in [0.2, 0.25) is 0 Å². The van der Waals surface area contributed by atoms with E-state index < -0.39 is 0 Å². The number of nitrogens with zero attached hydrogens (tertiary/aromatic N) is 2. The second-order valence-electron chi connectivity index (χ2n) is 4.73. The van der Waals surface area contributed by atoms with Gasteiger partial charge >= 0.3 is 0 Å². The van der Waals surface area contributed by atoms with Crippen LogP contribution in [-0.4, -0.2) is 16.5 Å². The number of hydrogen-bond donors (Lipinski definition) is 1. The van der Waals surface area contributed by atoms with Crippen LogP contribution in [0.25, 0.3) is 0 Å². The van der Waals surface area contributed by atoms with E-state index in [9.17, 15) is 0 Å². The molecule has 94 valence electrons. The van der Waals surface area contributed by atoms with Gasteiger partial charge in [0.25, 0.3) is 0 Å². The second kappa shape index (κ2) is 5.98. The zero-order valence-electron chi connectivity index (χ0n) is 10.6. The van der Waals surface area contributed by atoms with Crippen molar-refractivity contribution < 1.29 is 0 Å². The monoisotopic (exact) mass is 345 g/mol. The standard InChI is InChI=1S/C13H20IN3/c1-3-8-15-13-11(14)12(16-9(2)17-13)10-6-4-5-7-10/h10H,3-8H2,1-2H3,(H,15,16,17). The van der Waals surface area contributed by atoms with Crippen LogP contribution in [0.15, 0.2) is 0 Å². The highest BCUT2D eigenvalue weighted by Crippen LogP contribution is 2.36. The molecule has 0 aliphatic heterocycles. The summed E-state index contributed by atoms with van der Waals surface area (Å²) >= 11 is 2.40. The van der Waals surface area contributed by atoms with Gasteiger partial charge in [0.15, 0.2) is 0 Å². The molecular weight excluding hydrogens is 325 g/mol. The van der Waals surface area contributed by atoms with Gasteiger partial charge in [-0.1, -0.05) is 19.8 Å². The predicted octanol–water partition coefficient (Wildman–Crippen LogP) is 3.87. The van der Waals surface area contributed by atoms with E-state index in [0.29, 0.717) is 5.92 Å². The highest BCUT2D eigenvalue weighted by Gasteiger charge is 2.23. The smallest absolute Gasteiger partial charge is 0.143 e. The first-order valence-electron chi connectivity index (χ1n) is 6.50. The van der Waals surface area contributed by atoms with Gasteiger partial charge in [0, 0.05) is 12.5 Å². The lowest BCUT2D eigenvalue weighted by Gasteiger charge is -2.15. The van der Waals surface area contributed by atoms with Crippen molar-refractivity contribution in [2.75, 3.05) is 11.9 Å². The minimum Gasteiger partial charge on any atom is -0.369 e. The molecule has 1 N–H and O–H groups in total. The summed E-state index contributed by atoms with van der Waals surface area (Å²) in [4.78, 5) is 9.18. The summed E-state index contributed by atoms with van der Waals surface area (Å²) in [5.41, 5.74) is 1.27. The van der Waals surface area contributed by atoms with Crippen LogP contribution in [0.1, 0.15) is 56.5 Å². The molecule has 1 aliphatic carbocycles. The maximum atomic E-state index is 4.66. The van der Waals surface area contributed by atoms with Gasteiger partial charge in [-0.25, -0.2) is 9.97 Å². The van der Waals surface area contributed by atoms with E-state index in [4.69, 9.17) is 0 Å². The van der Waals surface area contributed by atoms with E-state index in [2.05, 4.69) is 44.8 Å². The number of aromatic nitrogens is 2. The maximum Gasteiger partial charge on any atom is 0.143 e. The van der Waals surface area contributed by atoms with Gasteiger partial charge in [-0.3, -0.25) is 0 Å². The molecule has 0 aromatic carbocycles. The van der Waals surface area contributed by atoms with Crippen LogP contribution in [0.4, 0.5) is 5.82 Å². The molecule has 0 amide bonds. The van der Waals surface area contributed by atoms with Gasteiger partial charge < -0.3 is 5.32 Å². The van der Waals surface area contributed by atoms with Gasteiger partial charge in [-0.15, -0.1) is 0 Å². The van der Waals surface area contributed by atoms with Crippen LogP contribution in [0.3, 0.4) is 0 Å². The molecular formula is C13H20IN3. The third-order valence-electron chi connectivity index (χ3n) is 3.27. The van der Waals surface area contributed by atoms with E-state index in [0.717, 1.165) is 24.6 Å². The average molecular weight is 345 g/mol. The van der Waals surface area contributed by atoms with Crippen molar-refractivity contribution in [3.8, 4) is 0 Å². The fourth-order valence-corrected chi connectivity index (χ4v) is 3.28. The van der Waals surface area contributed by atoms with Gasteiger partial charge in [-0.2, -0.15) is 0 Å². The van der Waals surface area contributed by atoms with Crippen molar-refractivity contribution in [1.82, 2.24) is 9.97 Å². The fourth-order valence-electron chi connectivity index (χ4n) is 2.41. The first kappa shape index (κ1) is 13.1. The third-order valence-corrected chi connectivity index (χ3v) is 4.34. The third kappa shape index (κ3) is 3.09. The average Bonchev–Trinajstić information content (AvgIpc) is 2.83. The Labute approximate surface area is 117 Å². The molecule has 17 heavy (non-hydrogen) atoms. The number of aryl methyl sites for hydroxylation is 1. The van der Waals surface area contributed by atoms with Crippen LogP contribution in [-0.2, 0) is 0 Å². The lowest BCUT2D eigenvalue weighted by molar-refractivity contribution is 0.684. The summed E-state index contributed by atoms with van der Waals surface area (Å²) in [5.74, 6) is 2.58. The number of rotatable bonds is 4. The van der Waals surface area contributed by atoms with E-state index in [1.165, 1.54) is 34.9 Å². The molecule has 1 aliphatic rings. The van der Waals surface area contributed by atoms with Gasteiger partial charge in [0.05, 0.1) is 9.26 Å². The Kier molecular flexibility index (Phi) is 4.59. The molecule has 0 spiro atoms. The zero-order chi connectivity index (χ0) is 12.3. The summed E-state index contributed by atoms with van der Waals surface area (Å²) in [7, 11) is 0. The molecule has 1 aromatic heterocycles. The van der Waals surface area contributed by atoms with Crippen molar-refractivity contribution in [3.05, 3.63) is 15.1 Å². The van der Waals surface area contributed by atoms with Crippen molar-refractivity contribution in [2.45, 2.75) is 51.9 Å². The van der Waals surface area contributed by atoms with E-state index >= 15 is 0 Å². The molecule has 1 aromatic rings. The predicted molar refractivity (Wildman–Crippen MR) is 79.5 cm³/mol. The van der Waals surface area contributed by atoms with Crippen molar-refractivity contribution >= 4 is 28.4 Å². The van der Waals surface area contributed by atoms with Crippen molar-refractivity contribution in [2.24, 2.45) is 0 Å². The molecule has 1 heterocycles. The van der Waals surface area contributed by atoms with E-state index in [1.807, 2.05) is 6.92 Å². The molecule has 1 saturated carbocycles. The van der Waals surface area contributed by atoms with E-state index in [1.54, 1.807) is 0 Å². The molecule has 3 nitrogen and oxygen atoms in total. The minimum absolute atomic E-state index is 0.658. The van der Waals surface area contributed by atoms with Crippen LogP contribution >= 0.6 is 22.6 Å². The van der Waals surface area contributed by atoms with Crippen LogP contribution in [0.2, 0.25) is 0 Å². The Morgan fingerprint density at radius 3 is 2.65 bits per heavy atom. The zero-order valence-corrected chi connectivity index (χ0v) is 12.7. The lowest BCUT2D eigenvalue weighted by Crippen LogP contribution is -2.10. The second-order valence-corrected chi connectivity index (χ2v) is 5.81. The first-order chi connectivity index (χ1) is 8.22. The molecule has 0 saturated heterocycles. The molecule has 0 radical (unpaired) electrons. The van der Waals surface area contributed by atoms with E-state index in [-0.39, 0.29) is 0 Å². The minimum atomic E-state index is 0.658. The summed E-state index contributed by atoms with van der Waals surface area (Å²) in [6, 6.07) is 0. The van der Waals surface area contributed by atoms with Crippen LogP contribution in [0.5, 0.6) is 0 Å². The SMILES string of the molecule is CCCNc1nc(C)nc(C2CCCC2)c1I. The number of hydrogen-bond acceptors (Lipinski definition) is 3. The first-order valence-corrected chi connectivity index (χ1v) is 7.58. The van der Waals surface area contributed by atoms with Gasteiger partial charge in [0.1, 0.15) is 11.6 Å². The number of anilines is 1. The lowest BCUT2D eigenvalue weighted by atomic mass is 10.0. The summed E-state index contributed by atoms with van der Waals surface area (Å²) < 4.78 is 1.23. The molecule has 4 heteroatoms. The Hall–Kier alpha value is -0.390. The highest BCUT2D eigenvalue weighted by atomic mass is 127. The molecule has 1 fully saturated rings. The Morgan fingerprint density at radius 2 is 2.00 bits per heavy atom. The Morgan fingerprint density at radius 1 is 1.29 bits per heavy atom. The Balaban J connectivity index is 2.27. The fraction of sp³-hybridized carbons (Fsp3) is 0.692. The highest BCUT2D eigenvalue weighted by molar-refractivity contribution is 14.1. The maximum absolute atomic E-state index is 4.66. The number of nitrogens with one attached hydrogen (secondary N) is 1. The van der Waals surface area contributed by atoms with Crippen LogP contribution < -0.4 is 5.32 Å². The van der Waals surface area contributed by atoms with Crippen LogP contribution in [0, 0.1) is 10.5 Å². The summed E-state index contributed by atoms with van der Waals surface area (Å²) in [5, 5.41) is 3.41. The molecule has 0 atom stereocenters. The topological polar surface area (TPSA) is 37.8 Å². The molecule has 2 rings (SSSR count). The Bertz CT molecular complexity index is 386. The normalized spacial score (nSPS) is 16.4. The molecule has 0 bridgehead atoms. The largest absolute Gasteiger partial charge is 0.369 e. The molecule has 0 unspecified atom stereocenters. The van der Waals surface area contributed by atoms with Crippen molar-refractivity contribution in [1.29, 1.82) is 0 Å². The summed E-state index contributed by atoms with van der Waals surface area (Å²) in [6.45, 7) is 5.15. The van der Waals surface area contributed by atoms with Crippen molar-refractivity contribution in [3.63, 3.8) is 0 Å². The number of halogens is 1. The quantitative estimate of drug-likeness (QED) is 0.842. The summed E-state index contributed by atoms with van der Waals surface area (Å²) in [6.07, 6.45) is 6.40.